The van der Waals surface area contributed by atoms with Gasteiger partial charge < -0.3 is 4.90 Å². The highest BCUT2D eigenvalue weighted by atomic mass is 32.2. The molecule has 1 amide bonds. The molecule has 6 heteroatoms. The molecule has 26 heavy (non-hydrogen) atoms. The van der Waals surface area contributed by atoms with Gasteiger partial charge in [0.1, 0.15) is 0 Å². The third-order valence-corrected chi connectivity index (χ3v) is 6.45. The number of hydrogen-bond acceptors (Lipinski definition) is 3. The van der Waals surface area contributed by atoms with Gasteiger partial charge in [0.05, 0.1) is 4.90 Å². The van der Waals surface area contributed by atoms with Crippen molar-refractivity contribution in [3.8, 4) is 0 Å². The van der Waals surface area contributed by atoms with Gasteiger partial charge in [-0.3, -0.25) is 4.79 Å². The van der Waals surface area contributed by atoms with Crippen LogP contribution in [-0.4, -0.2) is 38.4 Å². The molecule has 1 saturated heterocycles. The Morgan fingerprint density at radius 2 is 1.65 bits per heavy atom. The topological polar surface area (TPSA) is 66.5 Å². The standard InChI is InChI=1S/C20H24N2O3S/c1-15-8-9-17(14-16(15)2)20(23)22-12-10-18(11-13-22)21-26(24,25)19-6-4-3-5-7-19/h3-9,14,18,21H,10-13H2,1-2H3. The van der Waals surface area contributed by atoms with Gasteiger partial charge in [-0.05, 0) is 62.1 Å². The summed E-state index contributed by atoms with van der Waals surface area (Å²) in [6.45, 7) is 5.12. The van der Waals surface area contributed by atoms with E-state index in [9.17, 15) is 13.2 Å². The summed E-state index contributed by atoms with van der Waals surface area (Å²) >= 11 is 0. The van der Waals surface area contributed by atoms with E-state index in [1.54, 1.807) is 35.2 Å². The molecule has 0 atom stereocenters. The van der Waals surface area contributed by atoms with E-state index in [4.69, 9.17) is 0 Å². The number of carbonyl (C=O) groups excluding carboxylic acids is 1. The number of nitrogens with one attached hydrogen (secondary N) is 1. The van der Waals surface area contributed by atoms with E-state index < -0.39 is 10.0 Å². The van der Waals surface area contributed by atoms with Crippen molar-refractivity contribution in [1.29, 1.82) is 0 Å². The van der Waals surface area contributed by atoms with Crippen molar-refractivity contribution < 1.29 is 13.2 Å². The van der Waals surface area contributed by atoms with Gasteiger partial charge in [-0.1, -0.05) is 24.3 Å². The Kier molecular flexibility index (Phi) is 5.44. The minimum Gasteiger partial charge on any atom is -0.339 e. The molecule has 2 aromatic rings. The Hall–Kier alpha value is -2.18. The van der Waals surface area contributed by atoms with Crippen molar-refractivity contribution in [1.82, 2.24) is 9.62 Å². The molecule has 0 saturated carbocycles. The van der Waals surface area contributed by atoms with Gasteiger partial charge in [0.25, 0.3) is 5.91 Å². The average molecular weight is 372 g/mol. The number of likely N-dealkylation sites (tertiary alicyclic amines) is 1. The molecular formula is C20H24N2O3S. The molecule has 2 aromatic carbocycles. The van der Waals surface area contributed by atoms with Gasteiger partial charge in [-0.2, -0.15) is 0 Å². The lowest BCUT2D eigenvalue weighted by Gasteiger charge is -2.32. The molecule has 1 aliphatic heterocycles. The molecule has 1 N–H and O–H groups in total. The van der Waals surface area contributed by atoms with E-state index in [-0.39, 0.29) is 16.8 Å². The van der Waals surface area contributed by atoms with Crippen LogP contribution in [0.4, 0.5) is 0 Å². The third kappa shape index (κ3) is 4.14. The lowest BCUT2D eigenvalue weighted by atomic mass is 10.0. The molecule has 1 fully saturated rings. The molecule has 0 aromatic heterocycles. The number of carbonyl (C=O) groups is 1. The summed E-state index contributed by atoms with van der Waals surface area (Å²) in [7, 11) is -3.51. The number of hydrogen-bond donors (Lipinski definition) is 1. The second kappa shape index (κ2) is 7.60. The smallest absolute Gasteiger partial charge is 0.253 e. The Morgan fingerprint density at radius 1 is 1.00 bits per heavy atom. The zero-order valence-electron chi connectivity index (χ0n) is 15.1. The summed E-state index contributed by atoms with van der Waals surface area (Å²) in [4.78, 5) is 14.7. The van der Waals surface area contributed by atoms with Crippen LogP contribution in [0.1, 0.15) is 34.3 Å². The SMILES string of the molecule is Cc1ccc(C(=O)N2CCC(NS(=O)(=O)c3ccccc3)CC2)cc1C. The molecular weight excluding hydrogens is 348 g/mol. The number of rotatable bonds is 4. The second-order valence-electron chi connectivity index (χ2n) is 6.80. The Balaban J connectivity index is 1.60. The van der Waals surface area contributed by atoms with E-state index in [1.165, 1.54) is 0 Å². The van der Waals surface area contributed by atoms with Crippen LogP contribution in [0.3, 0.4) is 0 Å². The van der Waals surface area contributed by atoms with Crippen molar-refractivity contribution in [3.05, 3.63) is 65.2 Å². The molecule has 138 valence electrons. The zero-order valence-corrected chi connectivity index (χ0v) is 15.9. The normalized spacial score (nSPS) is 15.8. The molecule has 0 bridgehead atoms. The predicted molar refractivity (Wildman–Crippen MR) is 102 cm³/mol. The first-order chi connectivity index (χ1) is 12.4. The van der Waals surface area contributed by atoms with Gasteiger partial charge in [0.15, 0.2) is 0 Å². The molecule has 0 radical (unpaired) electrons. The highest BCUT2D eigenvalue weighted by molar-refractivity contribution is 7.89. The first kappa shape index (κ1) is 18.6. The predicted octanol–water partition coefficient (Wildman–Crippen LogP) is 2.89. The van der Waals surface area contributed by atoms with Crippen LogP contribution in [-0.2, 0) is 10.0 Å². The number of aryl methyl sites for hydroxylation is 2. The first-order valence-corrected chi connectivity index (χ1v) is 10.3. The van der Waals surface area contributed by atoms with Crippen molar-refractivity contribution >= 4 is 15.9 Å². The molecule has 0 aliphatic carbocycles. The fourth-order valence-electron chi connectivity index (χ4n) is 3.14. The molecule has 3 rings (SSSR count). The molecule has 5 nitrogen and oxygen atoms in total. The van der Waals surface area contributed by atoms with Gasteiger partial charge in [0, 0.05) is 24.7 Å². The number of benzene rings is 2. The van der Waals surface area contributed by atoms with Crippen LogP contribution < -0.4 is 4.72 Å². The van der Waals surface area contributed by atoms with Gasteiger partial charge in [-0.15, -0.1) is 0 Å². The second-order valence-corrected chi connectivity index (χ2v) is 8.51. The van der Waals surface area contributed by atoms with Crippen LogP contribution in [0.2, 0.25) is 0 Å². The van der Waals surface area contributed by atoms with Crippen LogP contribution >= 0.6 is 0 Å². The lowest BCUT2D eigenvalue weighted by Crippen LogP contribution is -2.46. The van der Waals surface area contributed by atoms with Crippen LogP contribution in [0.15, 0.2) is 53.4 Å². The Bertz CT molecular complexity index is 887. The Labute approximate surface area is 155 Å². The maximum Gasteiger partial charge on any atom is 0.253 e. The monoisotopic (exact) mass is 372 g/mol. The summed E-state index contributed by atoms with van der Waals surface area (Å²) in [5.74, 6) is 0.0115. The van der Waals surface area contributed by atoms with Gasteiger partial charge in [0.2, 0.25) is 10.0 Å². The van der Waals surface area contributed by atoms with E-state index in [2.05, 4.69) is 4.72 Å². The van der Waals surface area contributed by atoms with E-state index in [1.807, 2.05) is 32.0 Å². The average Bonchev–Trinajstić information content (AvgIpc) is 2.64. The Morgan fingerprint density at radius 3 is 2.27 bits per heavy atom. The highest BCUT2D eigenvalue weighted by Crippen LogP contribution is 2.18. The van der Waals surface area contributed by atoms with Crippen LogP contribution in [0, 0.1) is 13.8 Å². The summed E-state index contributed by atoms with van der Waals surface area (Å²) in [5.41, 5.74) is 2.95. The van der Waals surface area contributed by atoms with E-state index in [0.29, 0.717) is 31.5 Å². The third-order valence-electron chi connectivity index (χ3n) is 4.91. The molecule has 1 heterocycles. The minimum absolute atomic E-state index is 0.0115. The number of sulfonamides is 1. The van der Waals surface area contributed by atoms with Crippen molar-refractivity contribution in [3.63, 3.8) is 0 Å². The number of piperidine rings is 1. The van der Waals surface area contributed by atoms with Gasteiger partial charge >= 0.3 is 0 Å². The lowest BCUT2D eigenvalue weighted by molar-refractivity contribution is 0.0711. The minimum atomic E-state index is -3.51. The van der Waals surface area contributed by atoms with Gasteiger partial charge in [-0.25, -0.2) is 13.1 Å². The van der Waals surface area contributed by atoms with E-state index >= 15 is 0 Å². The maximum absolute atomic E-state index is 12.7. The largest absolute Gasteiger partial charge is 0.339 e. The quantitative estimate of drug-likeness (QED) is 0.897. The molecule has 0 spiro atoms. The maximum atomic E-state index is 12.7. The van der Waals surface area contributed by atoms with Crippen molar-refractivity contribution in [2.24, 2.45) is 0 Å². The first-order valence-electron chi connectivity index (χ1n) is 8.81. The van der Waals surface area contributed by atoms with Crippen LogP contribution in [0.25, 0.3) is 0 Å². The van der Waals surface area contributed by atoms with Crippen molar-refractivity contribution in [2.75, 3.05) is 13.1 Å². The van der Waals surface area contributed by atoms with E-state index in [0.717, 1.165) is 11.1 Å². The molecule has 0 unspecified atom stereocenters. The summed E-state index contributed by atoms with van der Waals surface area (Å²) in [5, 5.41) is 0. The number of nitrogens with zero attached hydrogens (tertiary/aromatic N) is 1. The summed E-state index contributed by atoms with van der Waals surface area (Å²) in [6.07, 6.45) is 1.23. The fraction of sp³-hybridized carbons (Fsp3) is 0.350. The zero-order chi connectivity index (χ0) is 18.7. The summed E-state index contributed by atoms with van der Waals surface area (Å²) < 4.78 is 27.6. The van der Waals surface area contributed by atoms with Crippen LogP contribution in [0.5, 0.6) is 0 Å². The summed E-state index contributed by atoms with van der Waals surface area (Å²) in [6, 6.07) is 14.0. The highest BCUT2D eigenvalue weighted by Gasteiger charge is 2.27. The number of amides is 1. The molecule has 1 aliphatic rings. The van der Waals surface area contributed by atoms with Crippen molar-refractivity contribution in [2.45, 2.75) is 37.6 Å². The fourth-order valence-corrected chi connectivity index (χ4v) is 4.47.